The molecule has 1 heterocycles. The van der Waals surface area contributed by atoms with Gasteiger partial charge in [0.05, 0.1) is 16.7 Å². The Balaban J connectivity index is 2.24. The highest BCUT2D eigenvalue weighted by Crippen LogP contribution is 2.33. The molecule has 1 aromatic heterocycles. The molecule has 4 aromatic rings. The fraction of sp³-hybridized carbons (Fsp3) is 0. The molecule has 0 N–H and O–H groups in total. The van der Waals surface area contributed by atoms with Gasteiger partial charge < -0.3 is 4.57 Å². The summed E-state index contributed by atoms with van der Waals surface area (Å²) in [5.41, 5.74) is 3.64. The van der Waals surface area contributed by atoms with Gasteiger partial charge in [0.2, 0.25) is 0 Å². The molecule has 2 heteroatoms. The van der Waals surface area contributed by atoms with E-state index in [1.165, 1.54) is 27.5 Å². The molecule has 96 valence electrons. The minimum atomic E-state index is 1.10. The van der Waals surface area contributed by atoms with Crippen molar-refractivity contribution >= 4 is 37.7 Å². The molecule has 0 spiro atoms. The molecule has 0 aliphatic carbocycles. The van der Waals surface area contributed by atoms with Gasteiger partial charge in [0.25, 0.3) is 0 Å². The second-order valence-corrected chi connectivity index (χ2v) is 5.68. The monoisotopic (exact) mass is 321 g/mol. The fourth-order valence-corrected chi connectivity index (χ4v) is 3.28. The van der Waals surface area contributed by atoms with Gasteiger partial charge in [-0.2, -0.15) is 0 Å². The Morgan fingerprint density at radius 3 is 1.70 bits per heavy atom. The molecule has 3 aromatic carbocycles. The third-order valence-corrected chi connectivity index (χ3v) is 4.34. The molecule has 0 aliphatic heterocycles. The highest BCUT2D eigenvalue weighted by molar-refractivity contribution is 9.10. The normalized spacial score (nSPS) is 11.2. The summed E-state index contributed by atoms with van der Waals surface area (Å²) >= 11 is 3.67. The number of nitrogens with zero attached hydrogens (tertiary/aromatic N) is 1. The van der Waals surface area contributed by atoms with Crippen LogP contribution in [0.1, 0.15) is 0 Å². The molecule has 1 nitrogen and oxygen atoms in total. The maximum absolute atomic E-state index is 3.67. The van der Waals surface area contributed by atoms with E-state index in [9.17, 15) is 0 Å². The van der Waals surface area contributed by atoms with Gasteiger partial charge in [0, 0.05) is 15.2 Å². The summed E-state index contributed by atoms with van der Waals surface area (Å²) in [6.07, 6.45) is 0. The van der Waals surface area contributed by atoms with Gasteiger partial charge in [-0.25, -0.2) is 0 Å². The van der Waals surface area contributed by atoms with Crippen molar-refractivity contribution in [2.24, 2.45) is 0 Å². The van der Waals surface area contributed by atoms with Crippen LogP contribution in [-0.4, -0.2) is 4.57 Å². The van der Waals surface area contributed by atoms with E-state index in [1.54, 1.807) is 0 Å². The van der Waals surface area contributed by atoms with Gasteiger partial charge in [-0.05, 0) is 40.2 Å². The number of benzene rings is 3. The quantitative estimate of drug-likeness (QED) is 0.433. The highest BCUT2D eigenvalue weighted by Gasteiger charge is 2.12. The molecule has 0 bridgehead atoms. The standard InChI is InChI=1S/C18H12BrN/c19-15-9-3-6-12-18(15)20-16-10-4-1-7-13(16)14-8-2-5-11-17(14)20/h1-12H. The number of halogens is 1. The number of rotatable bonds is 1. The number of fused-ring (bicyclic) bond motifs is 3. The van der Waals surface area contributed by atoms with Crippen LogP contribution in [0, 0.1) is 0 Å². The summed E-state index contributed by atoms with van der Waals surface area (Å²) in [6, 6.07) is 25.4. The lowest BCUT2D eigenvalue weighted by Gasteiger charge is -2.09. The molecular formula is C18H12BrN. The maximum atomic E-state index is 3.67. The van der Waals surface area contributed by atoms with Crippen molar-refractivity contribution < 1.29 is 0 Å². The lowest BCUT2D eigenvalue weighted by atomic mass is 10.2. The Morgan fingerprint density at radius 1 is 0.600 bits per heavy atom. The van der Waals surface area contributed by atoms with E-state index in [0.29, 0.717) is 0 Å². The van der Waals surface area contributed by atoms with E-state index in [-0.39, 0.29) is 0 Å². The third-order valence-electron chi connectivity index (χ3n) is 3.67. The maximum Gasteiger partial charge on any atom is 0.0604 e. The van der Waals surface area contributed by atoms with Crippen LogP contribution in [0.2, 0.25) is 0 Å². The van der Waals surface area contributed by atoms with Gasteiger partial charge in [-0.3, -0.25) is 0 Å². The average Bonchev–Trinajstić information content (AvgIpc) is 2.83. The topological polar surface area (TPSA) is 4.93 Å². The molecule has 0 amide bonds. The van der Waals surface area contributed by atoms with Crippen LogP contribution in [-0.2, 0) is 0 Å². The van der Waals surface area contributed by atoms with Crippen molar-refractivity contribution in [1.82, 2.24) is 4.57 Å². The zero-order chi connectivity index (χ0) is 13.5. The van der Waals surface area contributed by atoms with Crippen LogP contribution in [0.25, 0.3) is 27.5 Å². The molecule has 4 rings (SSSR count). The van der Waals surface area contributed by atoms with Crippen molar-refractivity contribution in [3.8, 4) is 5.69 Å². The number of aromatic nitrogens is 1. The molecule has 0 radical (unpaired) electrons. The smallest absolute Gasteiger partial charge is 0.0604 e. The summed E-state index contributed by atoms with van der Waals surface area (Å²) in [6.45, 7) is 0. The second kappa shape index (κ2) is 4.50. The van der Waals surface area contributed by atoms with Crippen molar-refractivity contribution in [2.75, 3.05) is 0 Å². The lowest BCUT2D eigenvalue weighted by Crippen LogP contribution is -1.94. The first-order valence-electron chi connectivity index (χ1n) is 6.59. The Kier molecular flexibility index (Phi) is 2.64. The first kappa shape index (κ1) is 11.7. The summed E-state index contributed by atoms with van der Waals surface area (Å²) < 4.78 is 3.42. The van der Waals surface area contributed by atoms with E-state index < -0.39 is 0 Å². The zero-order valence-electron chi connectivity index (χ0n) is 10.8. The molecule has 0 atom stereocenters. The Labute approximate surface area is 125 Å². The third kappa shape index (κ3) is 1.61. The van der Waals surface area contributed by atoms with Gasteiger partial charge >= 0.3 is 0 Å². The molecule has 0 unspecified atom stereocenters. The van der Waals surface area contributed by atoms with Gasteiger partial charge in [-0.1, -0.05) is 48.5 Å². The fourth-order valence-electron chi connectivity index (χ4n) is 2.82. The van der Waals surface area contributed by atoms with E-state index in [1.807, 2.05) is 6.07 Å². The van der Waals surface area contributed by atoms with E-state index in [2.05, 4.69) is 87.2 Å². The largest absolute Gasteiger partial charge is 0.308 e. The van der Waals surface area contributed by atoms with Crippen LogP contribution in [0.15, 0.2) is 77.3 Å². The SMILES string of the molecule is Brc1ccccc1-n1c2ccccc2c2ccccc21. The first-order valence-corrected chi connectivity index (χ1v) is 7.38. The molecule has 0 fully saturated rings. The minimum Gasteiger partial charge on any atom is -0.308 e. The van der Waals surface area contributed by atoms with Crippen LogP contribution < -0.4 is 0 Å². The zero-order valence-corrected chi connectivity index (χ0v) is 12.3. The van der Waals surface area contributed by atoms with E-state index in [0.717, 1.165) is 4.47 Å². The number of hydrogen-bond donors (Lipinski definition) is 0. The van der Waals surface area contributed by atoms with Crippen molar-refractivity contribution in [2.45, 2.75) is 0 Å². The summed E-state index contributed by atoms with van der Waals surface area (Å²) in [5.74, 6) is 0. The van der Waals surface area contributed by atoms with Gasteiger partial charge in [-0.15, -0.1) is 0 Å². The van der Waals surface area contributed by atoms with Gasteiger partial charge in [0.15, 0.2) is 0 Å². The first-order chi connectivity index (χ1) is 9.86. The predicted molar refractivity (Wildman–Crippen MR) is 88.5 cm³/mol. The van der Waals surface area contributed by atoms with Crippen LogP contribution in [0.4, 0.5) is 0 Å². The highest BCUT2D eigenvalue weighted by atomic mass is 79.9. The summed E-state index contributed by atoms with van der Waals surface area (Å²) in [7, 11) is 0. The molecule has 0 saturated carbocycles. The molecule has 20 heavy (non-hydrogen) atoms. The molecule has 0 aliphatic rings. The minimum absolute atomic E-state index is 1.10. The van der Waals surface area contributed by atoms with Crippen molar-refractivity contribution in [3.63, 3.8) is 0 Å². The van der Waals surface area contributed by atoms with Gasteiger partial charge in [0.1, 0.15) is 0 Å². The van der Waals surface area contributed by atoms with Crippen LogP contribution in [0.3, 0.4) is 0 Å². The Bertz CT molecular complexity index is 868. The summed E-state index contributed by atoms with van der Waals surface area (Å²) in [4.78, 5) is 0. The Morgan fingerprint density at radius 2 is 1.10 bits per heavy atom. The van der Waals surface area contributed by atoms with Crippen LogP contribution in [0.5, 0.6) is 0 Å². The van der Waals surface area contributed by atoms with Crippen molar-refractivity contribution in [1.29, 1.82) is 0 Å². The summed E-state index contributed by atoms with van der Waals surface area (Å²) in [5, 5.41) is 2.58. The average molecular weight is 322 g/mol. The second-order valence-electron chi connectivity index (χ2n) is 4.82. The molecule has 0 saturated heterocycles. The predicted octanol–water partition coefficient (Wildman–Crippen LogP) is 5.55. The number of hydrogen-bond acceptors (Lipinski definition) is 0. The molecular weight excluding hydrogens is 310 g/mol. The van der Waals surface area contributed by atoms with E-state index >= 15 is 0 Å². The van der Waals surface area contributed by atoms with Crippen LogP contribution >= 0.6 is 15.9 Å². The van der Waals surface area contributed by atoms with E-state index in [4.69, 9.17) is 0 Å². The number of para-hydroxylation sites is 3. The lowest BCUT2D eigenvalue weighted by molar-refractivity contribution is 1.17. The van der Waals surface area contributed by atoms with Crippen molar-refractivity contribution in [3.05, 3.63) is 77.3 Å². The Hall–Kier alpha value is -2.06.